The molecule has 0 aliphatic rings. The second-order valence-corrected chi connectivity index (χ2v) is 5.24. The SMILES string of the molecule is Fc1cccc(Cl)c1-c1nnc(CCCCl)s1. The van der Waals surface area contributed by atoms with Gasteiger partial charge in [-0.1, -0.05) is 29.0 Å². The van der Waals surface area contributed by atoms with Crippen LogP contribution in [-0.2, 0) is 6.42 Å². The number of nitrogens with zero attached hydrogens (tertiary/aromatic N) is 2. The molecule has 1 aromatic heterocycles. The monoisotopic (exact) mass is 290 g/mol. The minimum Gasteiger partial charge on any atom is -0.206 e. The van der Waals surface area contributed by atoms with E-state index in [9.17, 15) is 4.39 Å². The lowest BCUT2D eigenvalue weighted by molar-refractivity contribution is 0.631. The summed E-state index contributed by atoms with van der Waals surface area (Å²) in [6, 6.07) is 4.57. The normalized spacial score (nSPS) is 10.8. The largest absolute Gasteiger partial charge is 0.206 e. The highest BCUT2D eigenvalue weighted by Gasteiger charge is 2.14. The lowest BCUT2D eigenvalue weighted by atomic mass is 10.2. The fourth-order valence-electron chi connectivity index (χ4n) is 1.38. The second-order valence-electron chi connectivity index (χ2n) is 3.39. The van der Waals surface area contributed by atoms with Gasteiger partial charge in [0.15, 0.2) is 5.01 Å². The molecule has 0 amide bonds. The third-order valence-corrected chi connectivity index (χ3v) is 3.75. The number of hydrogen-bond acceptors (Lipinski definition) is 3. The minimum absolute atomic E-state index is 0.323. The van der Waals surface area contributed by atoms with Crippen LogP contribution in [0.1, 0.15) is 11.4 Å². The third kappa shape index (κ3) is 2.94. The highest BCUT2D eigenvalue weighted by Crippen LogP contribution is 2.32. The maximum Gasteiger partial charge on any atom is 0.152 e. The Hall–Kier alpha value is -0.710. The van der Waals surface area contributed by atoms with E-state index in [1.54, 1.807) is 12.1 Å². The third-order valence-electron chi connectivity index (χ3n) is 2.17. The molecule has 90 valence electrons. The maximum atomic E-state index is 13.6. The molecule has 2 nitrogen and oxygen atoms in total. The number of aromatic nitrogens is 2. The lowest BCUT2D eigenvalue weighted by Crippen LogP contribution is -1.85. The average Bonchev–Trinajstić information content (AvgIpc) is 2.75. The van der Waals surface area contributed by atoms with Crippen LogP contribution >= 0.6 is 34.5 Å². The summed E-state index contributed by atoms with van der Waals surface area (Å²) in [5.74, 6) is 0.201. The van der Waals surface area contributed by atoms with Crippen molar-refractivity contribution in [1.29, 1.82) is 0 Å². The van der Waals surface area contributed by atoms with Gasteiger partial charge in [-0.05, 0) is 18.6 Å². The molecule has 0 radical (unpaired) electrons. The van der Waals surface area contributed by atoms with Crippen LogP contribution in [0.15, 0.2) is 18.2 Å². The van der Waals surface area contributed by atoms with Crippen molar-refractivity contribution in [2.24, 2.45) is 0 Å². The molecule has 2 rings (SSSR count). The van der Waals surface area contributed by atoms with Gasteiger partial charge in [0.25, 0.3) is 0 Å². The zero-order valence-electron chi connectivity index (χ0n) is 8.79. The smallest absolute Gasteiger partial charge is 0.152 e. The van der Waals surface area contributed by atoms with E-state index >= 15 is 0 Å². The first-order valence-corrected chi connectivity index (χ1v) is 6.78. The van der Waals surface area contributed by atoms with Crippen molar-refractivity contribution in [3.05, 3.63) is 34.0 Å². The van der Waals surface area contributed by atoms with E-state index in [0.29, 0.717) is 21.5 Å². The van der Waals surface area contributed by atoms with Gasteiger partial charge < -0.3 is 0 Å². The Morgan fingerprint density at radius 3 is 2.82 bits per heavy atom. The molecular formula is C11H9Cl2FN2S. The fraction of sp³-hybridized carbons (Fsp3) is 0.273. The van der Waals surface area contributed by atoms with Crippen molar-refractivity contribution in [3.63, 3.8) is 0 Å². The Morgan fingerprint density at radius 2 is 2.12 bits per heavy atom. The lowest BCUT2D eigenvalue weighted by Gasteiger charge is -2.00. The quantitative estimate of drug-likeness (QED) is 0.790. The highest BCUT2D eigenvalue weighted by molar-refractivity contribution is 7.14. The standard InChI is InChI=1S/C11H9Cl2FN2S/c12-6-2-5-9-15-16-11(17-9)10-7(13)3-1-4-8(10)14/h1,3-4H,2,5-6H2. The zero-order valence-corrected chi connectivity index (χ0v) is 11.1. The van der Waals surface area contributed by atoms with Gasteiger partial charge in [-0.25, -0.2) is 4.39 Å². The van der Waals surface area contributed by atoms with E-state index in [4.69, 9.17) is 23.2 Å². The van der Waals surface area contributed by atoms with Crippen LogP contribution in [0.4, 0.5) is 4.39 Å². The molecule has 0 atom stereocenters. The molecule has 17 heavy (non-hydrogen) atoms. The molecule has 0 fully saturated rings. The van der Waals surface area contributed by atoms with Gasteiger partial charge in [0, 0.05) is 12.3 Å². The number of rotatable bonds is 4. The Bertz CT molecular complexity index is 496. The molecule has 0 aliphatic carbocycles. The van der Waals surface area contributed by atoms with E-state index in [1.807, 2.05) is 0 Å². The fourth-order valence-corrected chi connectivity index (χ4v) is 2.76. The molecule has 1 aromatic carbocycles. The molecule has 0 aliphatic heterocycles. The van der Waals surface area contributed by atoms with Gasteiger partial charge in [0.05, 0.1) is 10.6 Å². The number of benzene rings is 1. The van der Waals surface area contributed by atoms with Crippen LogP contribution in [-0.4, -0.2) is 16.1 Å². The van der Waals surface area contributed by atoms with Crippen molar-refractivity contribution >= 4 is 34.5 Å². The van der Waals surface area contributed by atoms with Gasteiger partial charge in [0.2, 0.25) is 0 Å². The molecule has 2 aromatic rings. The van der Waals surface area contributed by atoms with Crippen LogP contribution in [0.3, 0.4) is 0 Å². The van der Waals surface area contributed by atoms with Crippen LogP contribution in [0.2, 0.25) is 5.02 Å². The molecule has 0 spiro atoms. The number of aryl methyl sites for hydroxylation is 1. The number of hydrogen-bond donors (Lipinski definition) is 0. The Kier molecular flexibility index (Phi) is 4.31. The van der Waals surface area contributed by atoms with Crippen molar-refractivity contribution in [2.75, 3.05) is 5.88 Å². The summed E-state index contributed by atoms with van der Waals surface area (Å²) in [4.78, 5) is 0. The van der Waals surface area contributed by atoms with Gasteiger partial charge in [-0.3, -0.25) is 0 Å². The van der Waals surface area contributed by atoms with Crippen LogP contribution in [0.25, 0.3) is 10.6 Å². The van der Waals surface area contributed by atoms with E-state index in [2.05, 4.69) is 10.2 Å². The summed E-state index contributed by atoms with van der Waals surface area (Å²) in [5.41, 5.74) is 0.323. The summed E-state index contributed by atoms with van der Waals surface area (Å²) < 4.78 is 13.6. The number of alkyl halides is 1. The van der Waals surface area contributed by atoms with Crippen molar-refractivity contribution < 1.29 is 4.39 Å². The summed E-state index contributed by atoms with van der Waals surface area (Å²) in [5, 5.41) is 9.67. The Labute approximate surface area is 112 Å². The first-order chi connectivity index (χ1) is 8.22. The van der Waals surface area contributed by atoms with E-state index in [-0.39, 0.29) is 5.82 Å². The molecule has 1 heterocycles. The van der Waals surface area contributed by atoms with E-state index in [1.165, 1.54) is 17.4 Å². The van der Waals surface area contributed by atoms with Gasteiger partial charge >= 0.3 is 0 Å². The van der Waals surface area contributed by atoms with Crippen molar-refractivity contribution in [3.8, 4) is 10.6 Å². The molecule has 0 saturated heterocycles. The molecule has 0 N–H and O–H groups in total. The Morgan fingerprint density at radius 1 is 1.29 bits per heavy atom. The molecular weight excluding hydrogens is 282 g/mol. The van der Waals surface area contributed by atoms with Crippen LogP contribution < -0.4 is 0 Å². The summed E-state index contributed by atoms with van der Waals surface area (Å²) >= 11 is 12.9. The van der Waals surface area contributed by atoms with Crippen molar-refractivity contribution in [2.45, 2.75) is 12.8 Å². The highest BCUT2D eigenvalue weighted by atomic mass is 35.5. The van der Waals surface area contributed by atoms with Gasteiger partial charge in [0.1, 0.15) is 10.8 Å². The first-order valence-electron chi connectivity index (χ1n) is 5.05. The predicted molar refractivity (Wildman–Crippen MR) is 69.4 cm³/mol. The molecule has 0 bridgehead atoms. The van der Waals surface area contributed by atoms with E-state index < -0.39 is 0 Å². The summed E-state index contributed by atoms with van der Waals surface area (Å²) in [6.07, 6.45) is 1.59. The van der Waals surface area contributed by atoms with Gasteiger partial charge in [-0.2, -0.15) is 0 Å². The number of halogens is 3. The predicted octanol–water partition coefficient (Wildman–Crippen LogP) is 4.17. The first kappa shape index (κ1) is 12.7. The molecule has 6 heteroatoms. The van der Waals surface area contributed by atoms with Gasteiger partial charge in [-0.15, -0.1) is 21.8 Å². The Balaban J connectivity index is 2.30. The molecule has 0 unspecified atom stereocenters. The van der Waals surface area contributed by atoms with Crippen LogP contribution in [0.5, 0.6) is 0 Å². The topological polar surface area (TPSA) is 25.8 Å². The maximum absolute atomic E-state index is 13.6. The van der Waals surface area contributed by atoms with E-state index in [0.717, 1.165) is 17.8 Å². The summed E-state index contributed by atoms with van der Waals surface area (Å²) in [6.45, 7) is 0. The average molecular weight is 291 g/mol. The molecule has 0 saturated carbocycles. The zero-order chi connectivity index (χ0) is 12.3. The van der Waals surface area contributed by atoms with Crippen LogP contribution in [0, 0.1) is 5.82 Å². The second kappa shape index (κ2) is 5.76. The minimum atomic E-state index is -0.377. The summed E-state index contributed by atoms with van der Waals surface area (Å²) in [7, 11) is 0. The van der Waals surface area contributed by atoms with Crippen molar-refractivity contribution in [1.82, 2.24) is 10.2 Å².